The van der Waals surface area contributed by atoms with Crippen molar-refractivity contribution >= 4 is 5.82 Å². The van der Waals surface area contributed by atoms with Gasteiger partial charge >= 0.3 is 0 Å². The molecule has 1 aromatic rings. The highest BCUT2D eigenvalue weighted by atomic mass is 15.3. The zero-order valence-electron chi connectivity index (χ0n) is 8.11. The van der Waals surface area contributed by atoms with Crippen molar-refractivity contribution in [1.82, 2.24) is 9.78 Å². The molecule has 1 aliphatic rings. The molecule has 13 heavy (non-hydrogen) atoms. The number of nitrogens with zero attached hydrogens (tertiary/aromatic N) is 2. The molecule has 1 unspecified atom stereocenters. The van der Waals surface area contributed by atoms with Gasteiger partial charge in [0.15, 0.2) is 0 Å². The zero-order chi connectivity index (χ0) is 9.26. The van der Waals surface area contributed by atoms with Crippen LogP contribution < -0.4 is 5.73 Å². The van der Waals surface area contributed by atoms with Crippen molar-refractivity contribution in [2.75, 3.05) is 5.73 Å². The van der Waals surface area contributed by atoms with Crippen LogP contribution in [0.15, 0.2) is 12.3 Å². The molecule has 72 valence electrons. The van der Waals surface area contributed by atoms with Crippen molar-refractivity contribution in [2.24, 2.45) is 11.8 Å². The summed E-state index contributed by atoms with van der Waals surface area (Å²) >= 11 is 0. The Morgan fingerprint density at radius 2 is 2.46 bits per heavy atom. The van der Waals surface area contributed by atoms with Gasteiger partial charge in [0.1, 0.15) is 5.82 Å². The molecular formula is C10H17N3. The second kappa shape index (κ2) is 3.40. The maximum absolute atomic E-state index is 5.54. The molecule has 0 radical (unpaired) electrons. The number of anilines is 1. The van der Waals surface area contributed by atoms with Crippen LogP contribution >= 0.6 is 0 Å². The summed E-state index contributed by atoms with van der Waals surface area (Å²) in [5, 5.41) is 4.19. The third kappa shape index (κ3) is 1.85. The number of hydrogen-bond acceptors (Lipinski definition) is 2. The molecule has 2 N–H and O–H groups in total. The van der Waals surface area contributed by atoms with Crippen molar-refractivity contribution in [1.29, 1.82) is 0 Å². The van der Waals surface area contributed by atoms with Crippen LogP contribution in [0.2, 0.25) is 0 Å². The van der Waals surface area contributed by atoms with E-state index < -0.39 is 0 Å². The minimum atomic E-state index is 0.626. The average molecular weight is 179 g/mol. The van der Waals surface area contributed by atoms with Crippen LogP contribution in [0.25, 0.3) is 0 Å². The molecule has 1 fully saturated rings. The Labute approximate surface area is 78.9 Å². The molecule has 1 saturated carbocycles. The molecule has 2 rings (SSSR count). The second-order valence-electron chi connectivity index (χ2n) is 4.13. The summed E-state index contributed by atoms with van der Waals surface area (Å²) in [7, 11) is 0. The van der Waals surface area contributed by atoms with E-state index in [1.807, 2.05) is 16.9 Å². The van der Waals surface area contributed by atoms with E-state index in [0.717, 1.165) is 18.4 Å². The highest BCUT2D eigenvalue weighted by Crippen LogP contribution is 2.33. The molecule has 1 aliphatic carbocycles. The quantitative estimate of drug-likeness (QED) is 0.770. The van der Waals surface area contributed by atoms with Crippen molar-refractivity contribution < 1.29 is 0 Å². The van der Waals surface area contributed by atoms with E-state index in [1.165, 1.54) is 19.3 Å². The normalized spacial score (nSPS) is 19.8. The topological polar surface area (TPSA) is 43.8 Å². The van der Waals surface area contributed by atoms with Gasteiger partial charge in [0.25, 0.3) is 0 Å². The van der Waals surface area contributed by atoms with Crippen LogP contribution in [0.1, 0.15) is 26.2 Å². The van der Waals surface area contributed by atoms with Gasteiger partial charge in [-0.25, -0.2) is 0 Å². The van der Waals surface area contributed by atoms with E-state index >= 15 is 0 Å². The van der Waals surface area contributed by atoms with E-state index in [1.54, 1.807) is 0 Å². The fourth-order valence-corrected chi connectivity index (χ4v) is 1.93. The Bertz CT molecular complexity index is 275. The molecular weight excluding hydrogens is 162 g/mol. The molecule has 3 nitrogen and oxygen atoms in total. The van der Waals surface area contributed by atoms with E-state index in [2.05, 4.69) is 12.0 Å². The van der Waals surface area contributed by atoms with E-state index in [0.29, 0.717) is 5.82 Å². The monoisotopic (exact) mass is 179 g/mol. The first kappa shape index (κ1) is 8.60. The SMILES string of the molecule is CC(Cn1ccc(N)n1)C1CCC1. The number of nitrogens with two attached hydrogens (primary N) is 1. The van der Waals surface area contributed by atoms with Gasteiger partial charge in [-0.3, -0.25) is 4.68 Å². The molecule has 0 spiro atoms. The van der Waals surface area contributed by atoms with Gasteiger partial charge < -0.3 is 5.73 Å². The molecule has 3 heteroatoms. The van der Waals surface area contributed by atoms with Gasteiger partial charge in [-0.05, 0) is 17.9 Å². The van der Waals surface area contributed by atoms with E-state index in [4.69, 9.17) is 5.73 Å². The van der Waals surface area contributed by atoms with Gasteiger partial charge in [0.2, 0.25) is 0 Å². The van der Waals surface area contributed by atoms with Crippen LogP contribution in [0, 0.1) is 11.8 Å². The number of rotatable bonds is 3. The van der Waals surface area contributed by atoms with Crippen molar-refractivity contribution in [2.45, 2.75) is 32.7 Å². The molecule has 0 saturated heterocycles. The third-order valence-corrected chi connectivity index (χ3v) is 3.09. The summed E-state index contributed by atoms with van der Waals surface area (Å²) in [6, 6.07) is 1.85. The lowest BCUT2D eigenvalue weighted by Gasteiger charge is -2.31. The molecule has 0 aliphatic heterocycles. The third-order valence-electron chi connectivity index (χ3n) is 3.09. The van der Waals surface area contributed by atoms with Crippen molar-refractivity contribution in [3.8, 4) is 0 Å². The van der Waals surface area contributed by atoms with Crippen LogP contribution in [0.3, 0.4) is 0 Å². The summed E-state index contributed by atoms with van der Waals surface area (Å²) in [5.74, 6) is 2.29. The highest BCUT2D eigenvalue weighted by molar-refractivity contribution is 5.23. The minimum absolute atomic E-state index is 0.626. The van der Waals surface area contributed by atoms with Gasteiger partial charge in [0, 0.05) is 12.7 Å². The Morgan fingerprint density at radius 3 is 2.92 bits per heavy atom. The molecule has 0 amide bonds. The van der Waals surface area contributed by atoms with Gasteiger partial charge in [-0.2, -0.15) is 5.10 Å². The lowest BCUT2D eigenvalue weighted by Crippen LogP contribution is -2.23. The smallest absolute Gasteiger partial charge is 0.145 e. The van der Waals surface area contributed by atoms with Crippen molar-refractivity contribution in [3.05, 3.63) is 12.3 Å². The number of aromatic nitrogens is 2. The number of nitrogen functional groups attached to an aromatic ring is 1. The molecule has 0 bridgehead atoms. The molecule has 1 heterocycles. The Balaban J connectivity index is 1.89. The van der Waals surface area contributed by atoms with E-state index in [9.17, 15) is 0 Å². The van der Waals surface area contributed by atoms with Crippen LogP contribution in [0.5, 0.6) is 0 Å². The Kier molecular flexibility index (Phi) is 2.25. The van der Waals surface area contributed by atoms with Gasteiger partial charge in [-0.1, -0.05) is 26.2 Å². The minimum Gasteiger partial charge on any atom is -0.382 e. The van der Waals surface area contributed by atoms with Crippen LogP contribution in [-0.2, 0) is 6.54 Å². The highest BCUT2D eigenvalue weighted by Gasteiger charge is 2.23. The standard InChI is InChI=1S/C10H17N3/c1-8(9-3-2-4-9)7-13-6-5-10(11)12-13/h5-6,8-9H,2-4,7H2,1H3,(H2,11,12). The number of hydrogen-bond donors (Lipinski definition) is 1. The first-order valence-corrected chi connectivity index (χ1v) is 5.04. The van der Waals surface area contributed by atoms with Crippen LogP contribution in [0.4, 0.5) is 5.82 Å². The van der Waals surface area contributed by atoms with Gasteiger partial charge in [0.05, 0.1) is 0 Å². The van der Waals surface area contributed by atoms with Crippen LogP contribution in [-0.4, -0.2) is 9.78 Å². The Hall–Kier alpha value is -0.990. The molecule has 1 aromatic heterocycles. The summed E-state index contributed by atoms with van der Waals surface area (Å²) in [4.78, 5) is 0. The molecule has 0 aromatic carbocycles. The van der Waals surface area contributed by atoms with E-state index in [-0.39, 0.29) is 0 Å². The predicted molar refractivity (Wildman–Crippen MR) is 53.1 cm³/mol. The second-order valence-corrected chi connectivity index (χ2v) is 4.13. The van der Waals surface area contributed by atoms with Crippen molar-refractivity contribution in [3.63, 3.8) is 0 Å². The largest absolute Gasteiger partial charge is 0.382 e. The summed E-state index contributed by atoms with van der Waals surface area (Å²) in [5.41, 5.74) is 5.54. The first-order valence-electron chi connectivity index (χ1n) is 5.04. The zero-order valence-corrected chi connectivity index (χ0v) is 8.11. The molecule has 1 atom stereocenters. The maximum Gasteiger partial charge on any atom is 0.145 e. The summed E-state index contributed by atoms with van der Waals surface area (Å²) in [6.07, 6.45) is 6.18. The summed E-state index contributed by atoms with van der Waals surface area (Å²) < 4.78 is 1.96. The van der Waals surface area contributed by atoms with Gasteiger partial charge in [-0.15, -0.1) is 0 Å². The fraction of sp³-hybridized carbons (Fsp3) is 0.700. The lowest BCUT2D eigenvalue weighted by atomic mass is 9.77. The first-order chi connectivity index (χ1) is 6.25. The lowest BCUT2D eigenvalue weighted by molar-refractivity contribution is 0.196. The average Bonchev–Trinajstić information content (AvgIpc) is 2.31. The maximum atomic E-state index is 5.54. The Morgan fingerprint density at radius 1 is 1.69 bits per heavy atom. The fourth-order valence-electron chi connectivity index (χ4n) is 1.93. The summed E-state index contributed by atoms with van der Waals surface area (Å²) in [6.45, 7) is 3.32. The predicted octanol–water partition coefficient (Wildman–Crippen LogP) is 1.90.